The second kappa shape index (κ2) is 12.1. The normalized spacial score (nSPS) is 11.1. The average Bonchev–Trinajstić information content (AvgIpc) is 2.99. The molecule has 0 bridgehead atoms. The zero-order chi connectivity index (χ0) is 29.9. The Hall–Kier alpha value is -4.58. The number of carbonyl (C=O) groups is 1. The van der Waals surface area contributed by atoms with Crippen LogP contribution in [0.25, 0.3) is 11.0 Å². The Labute approximate surface area is 251 Å². The smallest absolute Gasteiger partial charge is 0.264 e. The van der Waals surface area contributed by atoms with Crippen molar-refractivity contribution in [3.63, 3.8) is 0 Å². The van der Waals surface area contributed by atoms with Crippen LogP contribution in [0.4, 0.5) is 23.0 Å². The van der Waals surface area contributed by atoms with Gasteiger partial charge in [-0.05, 0) is 36.4 Å². The molecule has 42 heavy (non-hydrogen) atoms. The van der Waals surface area contributed by atoms with Gasteiger partial charge in [0.25, 0.3) is 15.9 Å². The summed E-state index contributed by atoms with van der Waals surface area (Å²) >= 11 is 12.8. The van der Waals surface area contributed by atoms with Crippen molar-refractivity contribution in [2.24, 2.45) is 0 Å². The van der Waals surface area contributed by atoms with Gasteiger partial charge in [0.05, 0.1) is 36.0 Å². The fourth-order valence-corrected chi connectivity index (χ4v) is 5.87. The maximum Gasteiger partial charge on any atom is 0.264 e. The molecule has 214 valence electrons. The van der Waals surface area contributed by atoms with Gasteiger partial charge in [-0.1, -0.05) is 53.5 Å². The van der Waals surface area contributed by atoms with Crippen LogP contribution in [0.2, 0.25) is 10.0 Å². The molecule has 0 saturated carbocycles. The predicted octanol–water partition coefficient (Wildman–Crippen LogP) is 6.75. The minimum Gasteiger partial charge on any atom is -0.497 e. The van der Waals surface area contributed by atoms with Crippen molar-refractivity contribution in [1.82, 2.24) is 9.97 Å². The van der Waals surface area contributed by atoms with Gasteiger partial charge in [0.15, 0.2) is 11.6 Å². The van der Waals surface area contributed by atoms with Crippen LogP contribution < -0.4 is 24.8 Å². The first-order valence-electron chi connectivity index (χ1n) is 12.3. The van der Waals surface area contributed by atoms with Crippen LogP contribution in [0.15, 0.2) is 89.8 Å². The third-order valence-corrected chi connectivity index (χ3v) is 8.09. The quantitative estimate of drug-likeness (QED) is 0.164. The minimum atomic E-state index is -4.41. The lowest BCUT2D eigenvalue weighted by Gasteiger charge is -2.16. The van der Waals surface area contributed by atoms with E-state index < -0.39 is 15.9 Å². The first-order chi connectivity index (χ1) is 20.2. The van der Waals surface area contributed by atoms with Gasteiger partial charge in [-0.15, -0.1) is 0 Å². The average molecular weight is 625 g/mol. The van der Waals surface area contributed by atoms with E-state index in [9.17, 15) is 13.2 Å². The number of fused-ring (bicyclic) bond motifs is 1. The number of aromatic nitrogens is 2. The molecule has 4 aromatic carbocycles. The number of para-hydroxylation sites is 2. The van der Waals surface area contributed by atoms with E-state index in [1.165, 1.54) is 26.4 Å². The lowest BCUT2D eigenvalue weighted by Crippen LogP contribution is -2.18. The predicted molar refractivity (Wildman–Crippen MR) is 164 cm³/mol. The van der Waals surface area contributed by atoms with E-state index in [4.69, 9.17) is 32.7 Å². The van der Waals surface area contributed by atoms with Crippen LogP contribution in [0.5, 0.6) is 11.5 Å². The molecular weight excluding hydrogens is 601 g/mol. The van der Waals surface area contributed by atoms with Crippen molar-refractivity contribution in [2.45, 2.75) is 4.90 Å². The monoisotopic (exact) mass is 623 g/mol. The zero-order valence-corrected chi connectivity index (χ0v) is 24.5. The number of rotatable bonds is 9. The van der Waals surface area contributed by atoms with Gasteiger partial charge in [0.2, 0.25) is 0 Å². The molecule has 1 heterocycles. The number of ether oxygens (including phenoxy) is 2. The lowest BCUT2D eigenvalue weighted by molar-refractivity contribution is 0.102. The second-order valence-electron chi connectivity index (χ2n) is 8.83. The van der Waals surface area contributed by atoms with E-state index >= 15 is 0 Å². The molecule has 0 aliphatic rings. The maximum absolute atomic E-state index is 13.7. The highest BCUT2D eigenvalue weighted by Crippen LogP contribution is 2.36. The molecule has 0 fully saturated rings. The Balaban J connectivity index is 1.54. The van der Waals surface area contributed by atoms with E-state index in [1.807, 2.05) is 0 Å². The molecule has 1 amide bonds. The van der Waals surface area contributed by atoms with Crippen LogP contribution in [0.1, 0.15) is 10.4 Å². The summed E-state index contributed by atoms with van der Waals surface area (Å²) in [5, 5.41) is 5.51. The molecule has 13 heteroatoms. The molecule has 5 aromatic rings. The summed E-state index contributed by atoms with van der Waals surface area (Å²) in [6.07, 6.45) is 0. The summed E-state index contributed by atoms with van der Waals surface area (Å²) in [6, 6.07) is 23.0. The lowest BCUT2D eigenvalue weighted by atomic mass is 10.2. The highest BCUT2D eigenvalue weighted by Gasteiger charge is 2.25. The highest BCUT2D eigenvalue weighted by atomic mass is 35.5. The summed E-state index contributed by atoms with van der Waals surface area (Å²) in [4.78, 5) is 21.5. The van der Waals surface area contributed by atoms with Crippen LogP contribution in [0, 0.1) is 0 Å². The van der Waals surface area contributed by atoms with Gasteiger partial charge in [-0.2, -0.15) is 0 Å². The van der Waals surface area contributed by atoms with Gasteiger partial charge in [-0.3, -0.25) is 9.52 Å². The fraction of sp³-hybridized carbons (Fsp3) is 0.0690. The van der Waals surface area contributed by atoms with Crippen LogP contribution in [0.3, 0.4) is 0 Å². The van der Waals surface area contributed by atoms with Crippen LogP contribution in [-0.4, -0.2) is 38.5 Å². The molecule has 0 spiro atoms. The number of amides is 1. The van der Waals surface area contributed by atoms with Gasteiger partial charge in [0.1, 0.15) is 16.4 Å². The Kier molecular flexibility index (Phi) is 8.34. The number of nitrogens with one attached hydrogen (secondary N) is 3. The van der Waals surface area contributed by atoms with E-state index in [2.05, 4.69) is 25.3 Å². The summed E-state index contributed by atoms with van der Waals surface area (Å²) in [5.41, 5.74) is 1.83. The van der Waals surface area contributed by atoms with Gasteiger partial charge >= 0.3 is 0 Å². The Morgan fingerprint density at radius 3 is 2.00 bits per heavy atom. The number of benzene rings is 4. The van der Waals surface area contributed by atoms with E-state index in [-0.39, 0.29) is 32.3 Å². The Bertz CT molecular complexity index is 1880. The summed E-state index contributed by atoms with van der Waals surface area (Å²) < 4.78 is 40.6. The SMILES string of the molecule is COc1cc(Nc2nc3ccccc3nc2NS(=O)(=O)c2cc(Cl)cc(NC(=O)c3ccccc3)c2Cl)cc(OC)c1. The first-order valence-corrected chi connectivity index (χ1v) is 14.6. The number of methoxy groups -OCH3 is 2. The van der Waals surface area contributed by atoms with Gasteiger partial charge in [0, 0.05) is 34.5 Å². The molecule has 0 aliphatic heterocycles. The highest BCUT2D eigenvalue weighted by molar-refractivity contribution is 7.92. The number of hydrogen-bond donors (Lipinski definition) is 3. The molecule has 3 N–H and O–H groups in total. The molecule has 0 atom stereocenters. The van der Waals surface area contributed by atoms with Crippen LogP contribution in [-0.2, 0) is 10.0 Å². The van der Waals surface area contributed by atoms with E-state index in [1.54, 1.807) is 72.8 Å². The molecule has 0 unspecified atom stereocenters. The number of sulfonamides is 1. The van der Waals surface area contributed by atoms with Crippen LogP contribution >= 0.6 is 23.2 Å². The molecule has 10 nitrogen and oxygen atoms in total. The molecule has 0 aliphatic carbocycles. The van der Waals surface area contributed by atoms with Crippen molar-refractivity contribution in [2.75, 3.05) is 29.6 Å². The molecule has 0 radical (unpaired) electrons. The summed E-state index contributed by atoms with van der Waals surface area (Å²) in [7, 11) is -1.38. The maximum atomic E-state index is 13.7. The van der Waals surface area contributed by atoms with Gasteiger partial charge < -0.3 is 20.1 Å². The Morgan fingerprint density at radius 1 is 0.786 bits per heavy atom. The third kappa shape index (κ3) is 6.33. The largest absolute Gasteiger partial charge is 0.497 e. The minimum absolute atomic E-state index is 0.0183. The molecule has 5 rings (SSSR count). The van der Waals surface area contributed by atoms with Crippen molar-refractivity contribution in [3.8, 4) is 11.5 Å². The Morgan fingerprint density at radius 2 is 1.38 bits per heavy atom. The summed E-state index contributed by atoms with van der Waals surface area (Å²) in [5.74, 6) is 0.508. The topological polar surface area (TPSA) is 132 Å². The van der Waals surface area contributed by atoms with Crippen molar-refractivity contribution < 1.29 is 22.7 Å². The van der Waals surface area contributed by atoms with E-state index in [0.717, 1.165) is 0 Å². The number of carbonyl (C=O) groups excluding carboxylic acids is 1. The third-order valence-electron chi connectivity index (χ3n) is 5.99. The standard InChI is InChI=1S/C29H23Cl2N5O5S/c1-40-20-14-19(15-21(16-20)41-2)32-27-28(34-23-11-7-6-10-22(23)33-27)36-42(38,39)25-13-18(30)12-24(26(25)31)35-29(37)17-8-4-3-5-9-17/h3-16H,1-2H3,(H,32,33)(H,34,36)(H,35,37). The molecular formula is C29H23Cl2N5O5S. The van der Waals surface area contributed by atoms with Gasteiger partial charge in [-0.25, -0.2) is 18.4 Å². The zero-order valence-electron chi connectivity index (χ0n) is 22.2. The number of halogens is 2. The number of hydrogen-bond acceptors (Lipinski definition) is 8. The fourth-order valence-electron chi connectivity index (χ4n) is 3.99. The first kappa shape index (κ1) is 28.9. The van der Waals surface area contributed by atoms with E-state index in [0.29, 0.717) is 33.8 Å². The van der Waals surface area contributed by atoms with Crippen molar-refractivity contribution in [3.05, 3.63) is 101 Å². The molecule has 1 aromatic heterocycles. The number of anilines is 4. The second-order valence-corrected chi connectivity index (χ2v) is 11.3. The molecule has 0 saturated heterocycles. The summed E-state index contributed by atoms with van der Waals surface area (Å²) in [6.45, 7) is 0. The number of nitrogens with zero attached hydrogens (tertiary/aromatic N) is 2. The van der Waals surface area contributed by atoms with Crippen molar-refractivity contribution in [1.29, 1.82) is 0 Å². The van der Waals surface area contributed by atoms with Crippen molar-refractivity contribution >= 4 is 73.2 Å².